The molecule has 0 aliphatic rings. The van der Waals surface area contributed by atoms with Crippen molar-refractivity contribution in [1.29, 1.82) is 0 Å². The van der Waals surface area contributed by atoms with E-state index in [1.807, 2.05) is 19.3 Å². The zero-order chi connectivity index (χ0) is 21.1. The number of fused-ring (bicyclic) bond motifs is 1. The number of anilines is 2. The van der Waals surface area contributed by atoms with E-state index in [9.17, 15) is 0 Å². The van der Waals surface area contributed by atoms with Gasteiger partial charge in [-0.05, 0) is 78.4 Å². The molecule has 0 bridgehead atoms. The maximum absolute atomic E-state index is 4.79. The second-order valence-electron chi connectivity index (χ2n) is 8.34. The Morgan fingerprint density at radius 1 is 0.833 bits per heavy atom. The van der Waals surface area contributed by atoms with Crippen LogP contribution in [0.2, 0.25) is 0 Å². The minimum Gasteiger partial charge on any atom is -0.340 e. The van der Waals surface area contributed by atoms with Crippen LogP contribution >= 0.6 is 0 Å². The Morgan fingerprint density at radius 3 is 2.33 bits per heavy atom. The van der Waals surface area contributed by atoms with Crippen LogP contribution in [0, 0.1) is 13.8 Å². The SMILES string of the molecule is Cc1ccc(CCc2cnc(Nc3ccc(C(C)C)c(C)c3)c3ccccc23)cn1. The van der Waals surface area contributed by atoms with Crippen LogP contribution in [0.15, 0.2) is 67.0 Å². The molecule has 0 fully saturated rings. The summed E-state index contributed by atoms with van der Waals surface area (Å²) >= 11 is 0. The first-order valence-corrected chi connectivity index (χ1v) is 10.7. The molecule has 2 aromatic carbocycles. The highest BCUT2D eigenvalue weighted by atomic mass is 15.0. The third-order valence-corrected chi connectivity index (χ3v) is 5.69. The molecule has 2 heterocycles. The minimum absolute atomic E-state index is 0.529. The van der Waals surface area contributed by atoms with Crippen molar-refractivity contribution in [2.75, 3.05) is 5.32 Å². The van der Waals surface area contributed by atoms with E-state index < -0.39 is 0 Å². The highest BCUT2D eigenvalue weighted by Gasteiger charge is 2.10. The largest absolute Gasteiger partial charge is 0.340 e. The summed E-state index contributed by atoms with van der Waals surface area (Å²) in [6.45, 7) is 8.66. The Hall–Kier alpha value is -3.20. The first kappa shape index (κ1) is 20.1. The molecule has 1 N–H and O–H groups in total. The molecular formula is C27H29N3. The van der Waals surface area contributed by atoms with Gasteiger partial charge >= 0.3 is 0 Å². The number of aryl methyl sites for hydroxylation is 4. The summed E-state index contributed by atoms with van der Waals surface area (Å²) in [5.74, 6) is 1.43. The van der Waals surface area contributed by atoms with Crippen LogP contribution in [0.1, 0.15) is 47.7 Å². The van der Waals surface area contributed by atoms with Gasteiger partial charge in [-0.1, -0.05) is 50.2 Å². The summed E-state index contributed by atoms with van der Waals surface area (Å²) < 4.78 is 0. The molecule has 0 saturated carbocycles. The molecule has 0 saturated heterocycles. The number of hydrogen-bond donors (Lipinski definition) is 1. The summed E-state index contributed by atoms with van der Waals surface area (Å²) in [5.41, 5.74) is 7.35. The maximum atomic E-state index is 4.79. The van der Waals surface area contributed by atoms with Gasteiger partial charge in [0.1, 0.15) is 5.82 Å². The molecule has 30 heavy (non-hydrogen) atoms. The second-order valence-corrected chi connectivity index (χ2v) is 8.34. The van der Waals surface area contributed by atoms with E-state index in [-0.39, 0.29) is 0 Å². The summed E-state index contributed by atoms with van der Waals surface area (Å²) in [5, 5.41) is 5.95. The van der Waals surface area contributed by atoms with Gasteiger partial charge in [0.15, 0.2) is 0 Å². The molecule has 0 radical (unpaired) electrons. The number of rotatable bonds is 6. The topological polar surface area (TPSA) is 37.8 Å². The monoisotopic (exact) mass is 395 g/mol. The predicted octanol–water partition coefficient (Wildman–Crippen LogP) is 6.90. The van der Waals surface area contributed by atoms with Crippen molar-refractivity contribution < 1.29 is 0 Å². The zero-order valence-corrected chi connectivity index (χ0v) is 18.2. The van der Waals surface area contributed by atoms with Gasteiger partial charge in [0.25, 0.3) is 0 Å². The lowest BCUT2D eigenvalue weighted by Crippen LogP contribution is -2.00. The van der Waals surface area contributed by atoms with Gasteiger partial charge in [-0.3, -0.25) is 4.98 Å². The van der Waals surface area contributed by atoms with E-state index in [0.29, 0.717) is 5.92 Å². The third-order valence-electron chi connectivity index (χ3n) is 5.69. The highest BCUT2D eigenvalue weighted by Crippen LogP contribution is 2.29. The van der Waals surface area contributed by atoms with Crippen molar-refractivity contribution in [3.05, 3.63) is 94.9 Å². The number of benzene rings is 2. The van der Waals surface area contributed by atoms with E-state index >= 15 is 0 Å². The van der Waals surface area contributed by atoms with Crippen LogP contribution in [0.3, 0.4) is 0 Å². The molecular weight excluding hydrogens is 366 g/mol. The maximum Gasteiger partial charge on any atom is 0.138 e. The smallest absolute Gasteiger partial charge is 0.138 e. The van der Waals surface area contributed by atoms with Crippen LogP contribution in [-0.4, -0.2) is 9.97 Å². The normalized spacial score (nSPS) is 11.2. The molecule has 0 aliphatic heterocycles. The Labute approximate surface area is 179 Å². The van der Waals surface area contributed by atoms with Gasteiger partial charge in [-0.2, -0.15) is 0 Å². The number of hydrogen-bond acceptors (Lipinski definition) is 3. The van der Waals surface area contributed by atoms with E-state index in [1.54, 1.807) is 0 Å². The van der Waals surface area contributed by atoms with Crippen molar-refractivity contribution >= 4 is 22.3 Å². The summed E-state index contributed by atoms with van der Waals surface area (Å²) in [6, 6.07) is 19.3. The van der Waals surface area contributed by atoms with Crippen molar-refractivity contribution in [3.8, 4) is 0 Å². The summed E-state index contributed by atoms with van der Waals surface area (Å²) in [6.07, 6.45) is 5.90. The molecule has 4 aromatic rings. The van der Waals surface area contributed by atoms with Crippen molar-refractivity contribution in [1.82, 2.24) is 9.97 Å². The number of aromatic nitrogens is 2. The second kappa shape index (κ2) is 8.66. The first-order chi connectivity index (χ1) is 14.5. The molecule has 4 rings (SSSR count). The van der Waals surface area contributed by atoms with E-state index in [1.165, 1.54) is 27.6 Å². The fourth-order valence-corrected chi connectivity index (χ4v) is 4.01. The standard InChI is InChI=1S/C27H29N3/c1-18(2)24-14-13-23(15-19(24)3)30-27-26-8-6-5-7-25(26)22(17-29-27)12-11-21-10-9-20(4)28-16-21/h5-10,13-18H,11-12H2,1-4H3,(H,29,30). The van der Waals surface area contributed by atoms with E-state index in [4.69, 9.17) is 4.98 Å². The molecule has 3 nitrogen and oxygen atoms in total. The van der Waals surface area contributed by atoms with Crippen LogP contribution < -0.4 is 5.32 Å². The molecule has 0 unspecified atom stereocenters. The minimum atomic E-state index is 0.529. The summed E-state index contributed by atoms with van der Waals surface area (Å²) in [4.78, 5) is 9.20. The van der Waals surface area contributed by atoms with Gasteiger partial charge in [0.05, 0.1) is 0 Å². The quantitative estimate of drug-likeness (QED) is 0.386. The van der Waals surface area contributed by atoms with Crippen molar-refractivity contribution in [2.45, 2.75) is 46.5 Å². The average Bonchev–Trinajstić information content (AvgIpc) is 2.74. The Bertz CT molecular complexity index is 1160. The molecule has 0 atom stereocenters. The zero-order valence-electron chi connectivity index (χ0n) is 18.2. The van der Waals surface area contributed by atoms with Gasteiger partial charge in [0, 0.05) is 29.2 Å². The number of nitrogens with zero attached hydrogens (tertiary/aromatic N) is 2. The van der Waals surface area contributed by atoms with E-state index in [0.717, 1.165) is 35.4 Å². The van der Waals surface area contributed by atoms with Gasteiger partial charge in [0.2, 0.25) is 0 Å². The van der Waals surface area contributed by atoms with Crippen molar-refractivity contribution in [2.24, 2.45) is 0 Å². The molecule has 2 aromatic heterocycles. The summed E-state index contributed by atoms with van der Waals surface area (Å²) in [7, 11) is 0. The molecule has 0 amide bonds. The lowest BCUT2D eigenvalue weighted by atomic mass is 9.97. The van der Waals surface area contributed by atoms with Crippen LogP contribution in [0.4, 0.5) is 11.5 Å². The number of nitrogens with one attached hydrogen (secondary N) is 1. The molecule has 0 aliphatic carbocycles. The van der Waals surface area contributed by atoms with Gasteiger partial charge in [-0.25, -0.2) is 4.98 Å². The van der Waals surface area contributed by atoms with Gasteiger partial charge < -0.3 is 5.32 Å². The predicted molar refractivity (Wildman–Crippen MR) is 127 cm³/mol. The Balaban J connectivity index is 1.60. The van der Waals surface area contributed by atoms with Gasteiger partial charge in [-0.15, -0.1) is 0 Å². The molecule has 152 valence electrons. The fraction of sp³-hybridized carbons (Fsp3) is 0.259. The molecule has 3 heteroatoms. The van der Waals surface area contributed by atoms with Crippen molar-refractivity contribution in [3.63, 3.8) is 0 Å². The van der Waals surface area contributed by atoms with Crippen LogP contribution in [0.5, 0.6) is 0 Å². The number of pyridine rings is 2. The van der Waals surface area contributed by atoms with E-state index in [2.05, 4.69) is 85.7 Å². The Kier molecular flexibility index (Phi) is 5.80. The highest BCUT2D eigenvalue weighted by molar-refractivity contribution is 5.95. The fourth-order valence-electron chi connectivity index (χ4n) is 4.01. The lowest BCUT2D eigenvalue weighted by Gasteiger charge is -2.15. The lowest BCUT2D eigenvalue weighted by molar-refractivity contribution is 0.857. The van der Waals surface area contributed by atoms with Crippen LogP contribution in [0.25, 0.3) is 10.8 Å². The van der Waals surface area contributed by atoms with Crippen LogP contribution in [-0.2, 0) is 12.8 Å². The Morgan fingerprint density at radius 2 is 1.63 bits per heavy atom. The first-order valence-electron chi connectivity index (χ1n) is 10.7. The third kappa shape index (κ3) is 4.35. The molecule has 0 spiro atoms. The average molecular weight is 396 g/mol.